The van der Waals surface area contributed by atoms with E-state index in [2.05, 4.69) is 0 Å². The lowest BCUT2D eigenvalue weighted by molar-refractivity contribution is 0.275. The van der Waals surface area contributed by atoms with Crippen molar-refractivity contribution in [2.45, 2.75) is 11.5 Å². The number of hydrogen-bond acceptors (Lipinski definition) is 2. The van der Waals surface area contributed by atoms with E-state index < -0.39 is 38.1 Å². The highest BCUT2D eigenvalue weighted by Gasteiger charge is 2.65. The van der Waals surface area contributed by atoms with E-state index in [1.54, 1.807) is 0 Å². The Hall–Kier alpha value is -0.730. The van der Waals surface area contributed by atoms with Gasteiger partial charge in [0.05, 0.1) is 11.6 Å². The van der Waals surface area contributed by atoms with Crippen LogP contribution in [0.15, 0.2) is 17.0 Å². The molecule has 0 heterocycles. The van der Waals surface area contributed by atoms with Crippen molar-refractivity contribution in [2.24, 2.45) is 0 Å². The van der Waals surface area contributed by atoms with E-state index >= 15 is 0 Å². The zero-order valence-electron chi connectivity index (χ0n) is 7.43. The minimum Gasteiger partial charge on any atom is -0.506 e. The Bertz CT molecular complexity index is 443. The first-order valence-corrected chi connectivity index (χ1v) is 6.04. The molecule has 0 spiro atoms. The average molecular weight is 285 g/mol. The highest BCUT2D eigenvalue weighted by molar-refractivity contribution is 8.45. The van der Waals surface area contributed by atoms with E-state index in [0.29, 0.717) is 0 Å². The van der Waals surface area contributed by atoms with E-state index in [1.807, 2.05) is 0 Å². The summed E-state index contributed by atoms with van der Waals surface area (Å²) in [5, 5.41) is 16.8. The molecule has 0 aliphatic heterocycles. The Labute approximate surface area is 92.0 Å². The molecule has 1 aromatic carbocycles. The smallest absolute Gasteiger partial charge is 0.310 e. The third-order valence-electron chi connectivity index (χ3n) is 1.73. The minimum absolute atomic E-state index is 0.0250. The van der Waals surface area contributed by atoms with Gasteiger partial charge in [0.1, 0.15) is 10.6 Å². The lowest BCUT2D eigenvalue weighted by atomic mass is 10.2. The van der Waals surface area contributed by atoms with Gasteiger partial charge in [0.2, 0.25) is 0 Å². The number of rotatable bonds is 2. The molecule has 9 heteroatoms. The molecule has 2 nitrogen and oxygen atoms in total. The van der Waals surface area contributed by atoms with Crippen molar-refractivity contribution in [3.63, 3.8) is 0 Å². The van der Waals surface area contributed by atoms with Crippen molar-refractivity contribution in [1.82, 2.24) is 0 Å². The molecule has 0 amide bonds. The first kappa shape index (κ1) is 13.3. The molecule has 0 bridgehead atoms. The topological polar surface area (TPSA) is 40.5 Å². The van der Waals surface area contributed by atoms with Crippen molar-refractivity contribution in [1.29, 1.82) is 0 Å². The third kappa shape index (κ3) is 2.69. The van der Waals surface area contributed by atoms with Crippen LogP contribution in [0.2, 0.25) is 5.02 Å². The lowest BCUT2D eigenvalue weighted by Crippen LogP contribution is -2.07. The maximum atomic E-state index is 12.4. The zero-order chi connectivity index (χ0) is 12.8. The molecule has 0 aliphatic carbocycles. The highest BCUT2D eigenvalue weighted by Crippen LogP contribution is 3.02. The van der Waals surface area contributed by atoms with Crippen LogP contribution in [0, 0.1) is 0 Å². The van der Waals surface area contributed by atoms with Crippen LogP contribution in [0.25, 0.3) is 0 Å². The van der Waals surface area contributed by atoms with E-state index in [1.165, 1.54) is 0 Å². The fourth-order valence-corrected chi connectivity index (χ4v) is 1.98. The van der Waals surface area contributed by atoms with E-state index in [4.69, 9.17) is 21.8 Å². The molecule has 0 unspecified atom stereocenters. The molecule has 0 aliphatic rings. The largest absolute Gasteiger partial charge is 0.506 e. The minimum atomic E-state index is -9.85. The number of benzene rings is 1. The van der Waals surface area contributed by atoms with Crippen molar-refractivity contribution < 1.29 is 29.6 Å². The van der Waals surface area contributed by atoms with Crippen molar-refractivity contribution in [3.8, 4) is 5.75 Å². The van der Waals surface area contributed by atoms with Crippen LogP contribution in [0.3, 0.4) is 0 Å². The second-order valence-corrected chi connectivity index (χ2v) is 5.86. The predicted octanol–water partition coefficient (Wildman–Crippen LogP) is 4.20. The summed E-state index contributed by atoms with van der Waals surface area (Å²) in [5.41, 5.74) is -0.712. The summed E-state index contributed by atoms with van der Waals surface area (Å²) >= 11 is 5.15. The first-order chi connectivity index (χ1) is 6.85. The first-order valence-electron chi connectivity index (χ1n) is 3.71. The lowest BCUT2D eigenvalue weighted by Gasteiger charge is -2.40. The SMILES string of the molecule is OCc1cc(S(F)(F)(F)(F)F)cc(Cl)c1O. The molecule has 0 saturated heterocycles. The van der Waals surface area contributed by atoms with Gasteiger partial charge < -0.3 is 10.2 Å². The molecule has 2 N–H and O–H groups in total. The van der Waals surface area contributed by atoms with E-state index in [9.17, 15) is 19.4 Å². The van der Waals surface area contributed by atoms with Gasteiger partial charge in [0.15, 0.2) is 0 Å². The van der Waals surface area contributed by atoms with Gasteiger partial charge in [-0.2, -0.15) is 0 Å². The van der Waals surface area contributed by atoms with Gasteiger partial charge in [-0.05, 0) is 12.1 Å². The van der Waals surface area contributed by atoms with Crippen molar-refractivity contribution in [3.05, 3.63) is 22.7 Å². The van der Waals surface area contributed by atoms with Gasteiger partial charge in [0, 0.05) is 5.56 Å². The number of hydrogen-bond donors (Lipinski definition) is 2. The Morgan fingerprint density at radius 1 is 1.12 bits per heavy atom. The van der Waals surface area contributed by atoms with E-state index in [0.717, 1.165) is 0 Å². The van der Waals surface area contributed by atoms with Crippen LogP contribution in [-0.4, -0.2) is 10.2 Å². The quantitative estimate of drug-likeness (QED) is 0.799. The monoisotopic (exact) mass is 284 g/mol. The van der Waals surface area contributed by atoms with Crippen molar-refractivity contribution >= 4 is 21.8 Å². The summed E-state index contributed by atoms with van der Waals surface area (Å²) in [4.78, 5) is -2.24. The number of aliphatic hydroxyl groups excluding tert-OH is 1. The van der Waals surface area contributed by atoms with Gasteiger partial charge in [-0.3, -0.25) is 0 Å². The molecule has 0 radical (unpaired) electrons. The number of phenols is 1. The summed E-state index contributed by atoms with van der Waals surface area (Å²) in [6, 6.07) is -0.0969. The third-order valence-corrected chi connectivity index (χ3v) is 3.15. The predicted molar refractivity (Wildman–Crippen MR) is 50.4 cm³/mol. The molecular formula is C7H6ClF5O2S. The van der Waals surface area contributed by atoms with Gasteiger partial charge in [0.25, 0.3) is 0 Å². The second kappa shape index (κ2) is 2.93. The second-order valence-electron chi connectivity index (χ2n) is 3.04. The normalized spacial score (nSPS) is 16.7. The number of aliphatic hydroxyl groups is 1. The molecule has 16 heavy (non-hydrogen) atoms. The highest BCUT2D eigenvalue weighted by atomic mass is 35.5. The fraction of sp³-hybridized carbons (Fsp3) is 0.143. The summed E-state index contributed by atoms with van der Waals surface area (Å²) in [6.45, 7) is -1.03. The molecule has 0 saturated carbocycles. The van der Waals surface area contributed by atoms with Crippen LogP contribution in [0.5, 0.6) is 5.75 Å². The summed E-state index contributed by atoms with van der Waals surface area (Å²) in [6.07, 6.45) is 0. The Morgan fingerprint density at radius 2 is 1.62 bits per heavy atom. The molecule has 0 aromatic heterocycles. The van der Waals surface area contributed by atoms with E-state index in [-0.39, 0.29) is 12.1 Å². The maximum Gasteiger partial charge on any atom is 0.310 e. The summed E-state index contributed by atoms with van der Waals surface area (Å²) in [7, 11) is -9.85. The van der Waals surface area contributed by atoms with Crippen LogP contribution in [0.4, 0.5) is 19.4 Å². The molecule has 1 rings (SSSR count). The zero-order valence-corrected chi connectivity index (χ0v) is 9.00. The van der Waals surface area contributed by atoms with Crippen LogP contribution >= 0.6 is 21.8 Å². The Morgan fingerprint density at radius 3 is 2.00 bits per heavy atom. The Kier molecular flexibility index (Phi) is 2.44. The number of aromatic hydroxyl groups is 1. The Balaban J connectivity index is 3.58. The summed E-state index contributed by atoms with van der Waals surface area (Å²) < 4.78 is 61.8. The molecule has 94 valence electrons. The van der Waals surface area contributed by atoms with Crippen LogP contribution < -0.4 is 0 Å². The maximum absolute atomic E-state index is 12.4. The van der Waals surface area contributed by atoms with Gasteiger partial charge in [-0.1, -0.05) is 31.0 Å². The van der Waals surface area contributed by atoms with Crippen LogP contribution in [0.1, 0.15) is 5.56 Å². The average Bonchev–Trinajstić information content (AvgIpc) is 2.05. The van der Waals surface area contributed by atoms with Crippen molar-refractivity contribution in [2.75, 3.05) is 0 Å². The molecule has 1 aromatic rings. The molecular weight excluding hydrogens is 279 g/mol. The van der Waals surface area contributed by atoms with Gasteiger partial charge in [-0.15, -0.1) is 0 Å². The van der Waals surface area contributed by atoms with Gasteiger partial charge in [-0.25, -0.2) is 0 Å². The number of halogens is 6. The fourth-order valence-electron chi connectivity index (χ4n) is 0.972. The molecule has 0 fully saturated rings. The molecule has 0 atom stereocenters. The van der Waals surface area contributed by atoms with Gasteiger partial charge >= 0.3 is 10.2 Å². The van der Waals surface area contributed by atoms with Crippen LogP contribution in [-0.2, 0) is 6.61 Å². The standard InChI is InChI=1S/C7H6ClF5O2S/c8-6-2-5(16(9,10,11,12)13)1-4(3-14)7(6)15/h1-2,14-15H,3H2. The summed E-state index contributed by atoms with van der Waals surface area (Å²) in [5.74, 6) is -0.852.